The molecule has 0 radical (unpaired) electrons. The van der Waals surface area contributed by atoms with E-state index in [1.807, 2.05) is 0 Å². The SMILES string of the molecule is c1ccc(-c2c(-c3ccccc3)c3cc(-c4cccc5ccccc45)ccc3c3ccc(-c4ccc5c(c4)c(-c4ccccc4)c(-c4ccccc4)c4cc(-c6cccc7ccccc67)ccc45)cc23)cc1. The molecule has 0 fully saturated rings. The standard InChI is InChI=1S/C72H46/c1-5-21-49(22-6-1)69-65-43-53(35-39-61(65)63-41-37-55(45-67(63)71(69)51-25-9-3-10-26-51)59-33-17-29-47-19-13-15-31-57(47)59)54-36-40-62-64-42-38-56(60-34-18-30-48-20-14-16-32-58(48)60)46-68(64)72(52-27-11-4-12-28-52)70(66(62)44-54)50-23-7-2-8-24-50/h1-46H. The van der Waals surface area contributed by atoms with E-state index in [2.05, 4.69) is 279 Å². The molecule has 0 aliphatic heterocycles. The Labute approximate surface area is 419 Å². The van der Waals surface area contributed by atoms with Crippen molar-refractivity contribution in [3.05, 3.63) is 279 Å². The molecule has 14 rings (SSSR count). The molecule has 0 saturated heterocycles. The molecule has 14 aromatic rings. The first-order chi connectivity index (χ1) is 35.7. The van der Waals surface area contributed by atoms with Gasteiger partial charge >= 0.3 is 0 Å². The monoisotopic (exact) mass is 910 g/mol. The molecule has 0 unspecified atom stereocenters. The highest BCUT2D eigenvalue weighted by Crippen LogP contribution is 2.50. The summed E-state index contributed by atoms with van der Waals surface area (Å²) in [4.78, 5) is 0. The molecule has 0 aliphatic rings. The molecule has 0 aromatic heterocycles. The number of fused-ring (bicyclic) bond motifs is 8. The van der Waals surface area contributed by atoms with Gasteiger partial charge in [0.2, 0.25) is 0 Å². The molecule has 72 heavy (non-hydrogen) atoms. The Morgan fingerprint density at radius 3 is 0.736 bits per heavy atom. The first-order valence-corrected chi connectivity index (χ1v) is 25.0. The van der Waals surface area contributed by atoms with Gasteiger partial charge in [-0.05, 0) is 167 Å². The highest BCUT2D eigenvalue weighted by Gasteiger charge is 2.22. The lowest BCUT2D eigenvalue weighted by Gasteiger charge is -2.21. The van der Waals surface area contributed by atoms with Gasteiger partial charge in [0.25, 0.3) is 0 Å². The number of rotatable bonds is 7. The van der Waals surface area contributed by atoms with Crippen LogP contribution in [0.4, 0.5) is 0 Å². The lowest BCUT2D eigenvalue weighted by Crippen LogP contribution is -1.94. The Morgan fingerprint density at radius 1 is 0.139 bits per heavy atom. The van der Waals surface area contributed by atoms with Gasteiger partial charge < -0.3 is 0 Å². The van der Waals surface area contributed by atoms with Crippen molar-refractivity contribution in [1.29, 1.82) is 0 Å². The minimum absolute atomic E-state index is 1.18. The number of hydrogen-bond donors (Lipinski definition) is 0. The van der Waals surface area contributed by atoms with Crippen molar-refractivity contribution in [1.82, 2.24) is 0 Å². The van der Waals surface area contributed by atoms with E-state index < -0.39 is 0 Å². The van der Waals surface area contributed by atoms with Crippen molar-refractivity contribution in [2.45, 2.75) is 0 Å². The van der Waals surface area contributed by atoms with Crippen LogP contribution in [0.5, 0.6) is 0 Å². The quantitative estimate of drug-likeness (QED) is 0.140. The van der Waals surface area contributed by atoms with E-state index in [-0.39, 0.29) is 0 Å². The Bertz CT molecular complexity index is 4100. The Hall–Kier alpha value is -9.36. The summed E-state index contributed by atoms with van der Waals surface area (Å²) < 4.78 is 0. The Balaban J connectivity index is 1.04. The third-order valence-electron chi connectivity index (χ3n) is 15.0. The lowest BCUT2D eigenvalue weighted by atomic mass is 9.82. The predicted molar refractivity (Wildman–Crippen MR) is 310 cm³/mol. The molecule has 334 valence electrons. The second kappa shape index (κ2) is 17.2. The van der Waals surface area contributed by atoms with E-state index in [9.17, 15) is 0 Å². The second-order valence-electron chi connectivity index (χ2n) is 19.1. The smallest absolute Gasteiger partial charge is 0.00201 e. The fourth-order valence-corrected chi connectivity index (χ4v) is 11.7. The third kappa shape index (κ3) is 6.91. The maximum atomic E-state index is 2.46. The van der Waals surface area contributed by atoms with Crippen molar-refractivity contribution in [2.75, 3.05) is 0 Å². The van der Waals surface area contributed by atoms with Crippen LogP contribution in [0.2, 0.25) is 0 Å². The molecule has 0 bridgehead atoms. The van der Waals surface area contributed by atoms with Crippen LogP contribution in [-0.2, 0) is 0 Å². The van der Waals surface area contributed by atoms with E-state index in [0.29, 0.717) is 0 Å². The van der Waals surface area contributed by atoms with Crippen molar-refractivity contribution in [3.63, 3.8) is 0 Å². The zero-order valence-electron chi connectivity index (χ0n) is 39.6. The normalized spacial score (nSPS) is 11.6. The minimum Gasteiger partial charge on any atom is -0.0622 e. The van der Waals surface area contributed by atoms with Gasteiger partial charge in [-0.25, -0.2) is 0 Å². The van der Waals surface area contributed by atoms with Crippen molar-refractivity contribution >= 4 is 64.6 Å². The average molecular weight is 911 g/mol. The van der Waals surface area contributed by atoms with Gasteiger partial charge in [0.05, 0.1) is 0 Å². The van der Waals surface area contributed by atoms with Gasteiger partial charge in [0.15, 0.2) is 0 Å². The third-order valence-corrected chi connectivity index (χ3v) is 15.0. The van der Waals surface area contributed by atoms with Crippen molar-refractivity contribution in [3.8, 4) is 77.9 Å². The maximum Gasteiger partial charge on any atom is -0.00201 e. The highest BCUT2D eigenvalue weighted by atomic mass is 14.3. The fourth-order valence-electron chi connectivity index (χ4n) is 11.7. The molecule has 14 aromatic carbocycles. The Morgan fingerprint density at radius 2 is 0.403 bits per heavy atom. The zero-order chi connectivity index (χ0) is 47.5. The van der Waals surface area contributed by atoms with Crippen LogP contribution in [0.25, 0.3) is 143 Å². The molecular weight excluding hydrogens is 865 g/mol. The molecule has 0 heterocycles. The topological polar surface area (TPSA) is 0 Å². The molecule has 0 N–H and O–H groups in total. The van der Waals surface area contributed by atoms with E-state index >= 15 is 0 Å². The minimum atomic E-state index is 1.18. The van der Waals surface area contributed by atoms with Gasteiger partial charge in [-0.3, -0.25) is 0 Å². The molecule has 0 aliphatic carbocycles. The van der Waals surface area contributed by atoms with E-state index in [0.717, 1.165) is 0 Å². The summed E-state index contributed by atoms with van der Waals surface area (Å²) in [5.41, 5.74) is 17.0. The molecular formula is C72H46. The first-order valence-electron chi connectivity index (χ1n) is 25.0. The van der Waals surface area contributed by atoms with E-state index in [1.54, 1.807) is 0 Å². The van der Waals surface area contributed by atoms with Crippen LogP contribution in [0, 0.1) is 0 Å². The molecule has 0 heteroatoms. The molecule has 0 spiro atoms. The highest BCUT2D eigenvalue weighted by molar-refractivity contribution is 6.25. The number of hydrogen-bond acceptors (Lipinski definition) is 0. The van der Waals surface area contributed by atoms with Gasteiger partial charge in [0.1, 0.15) is 0 Å². The fraction of sp³-hybridized carbons (Fsp3) is 0. The summed E-state index contributed by atoms with van der Waals surface area (Å²) in [7, 11) is 0. The maximum absolute atomic E-state index is 2.46. The summed E-state index contributed by atoms with van der Waals surface area (Å²) >= 11 is 0. The Kier molecular flexibility index (Phi) is 9.96. The summed E-state index contributed by atoms with van der Waals surface area (Å²) in [6.45, 7) is 0. The largest absolute Gasteiger partial charge is 0.0622 e. The van der Waals surface area contributed by atoms with Gasteiger partial charge in [-0.1, -0.05) is 255 Å². The van der Waals surface area contributed by atoms with Crippen molar-refractivity contribution < 1.29 is 0 Å². The van der Waals surface area contributed by atoms with E-state index in [1.165, 1.54) is 143 Å². The molecule has 0 nitrogen and oxygen atoms in total. The predicted octanol–water partition coefficient (Wildman–Crippen LogP) is 20.3. The summed E-state index contributed by atoms with van der Waals surface area (Å²) in [6.07, 6.45) is 0. The first kappa shape index (κ1) is 41.6. The van der Waals surface area contributed by atoms with Gasteiger partial charge in [-0.15, -0.1) is 0 Å². The van der Waals surface area contributed by atoms with Crippen molar-refractivity contribution in [2.24, 2.45) is 0 Å². The van der Waals surface area contributed by atoms with Crippen LogP contribution in [0.3, 0.4) is 0 Å². The summed E-state index contributed by atoms with van der Waals surface area (Å²) in [5, 5.41) is 14.9. The van der Waals surface area contributed by atoms with E-state index in [4.69, 9.17) is 0 Å². The van der Waals surface area contributed by atoms with Crippen LogP contribution in [-0.4, -0.2) is 0 Å². The average Bonchev–Trinajstić information content (AvgIpc) is 3.46. The van der Waals surface area contributed by atoms with Crippen LogP contribution in [0.1, 0.15) is 0 Å². The summed E-state index contributed by atoms with van der Waals surface area (Å²) in [6, 6.07) is 103. The van der Waals surface area contributed by atoms with Gasteiger partial charge in [-0.2, -0.15) is 0 Å². The zero-order valence-corrected chi connectivity index (χ0v) is 39.6. The van der Waals surface area contributed by atoms with Crippen LogP contribution < -0.4 is 0 Å². The van der Waals surface area contributed by atoms with Crippen LogP contribution in [0.15, 0.2) is 279 Å². The lowest BCUT2D eigenvalue weighted by molar-refractivity contribution is 1.61. The second-order valence-corrected chi connectivity index (χ2v) is 19.1. The number of benzene rings is 14. The molecule has 0 saturated carbocycles. The van der Waals surface area contributed by atoms with Crippen LogP contribution >= 0.6 is 0 Å². The van der Waals surface area contributed by atoms with Gasteiger partial charge in [0, 0.05) is 0 Å². The summed E-state index contributed by atoms with van der Waals surface area (Å²) in [5.74, 6) is 0. The molecule has 0 atom stereocenters. The molecule has 0 amide bonds.